The first-order valence-electron chi connectivity index (χ1n) is 9.77. The van der Waals surface area contributed by atoms with Crippen LogP contribution in [0.4, 0.5) is 0 Å². The summed E-state index contributed by atoms with van der Waals surface area (Å²) in [5.74, 6) is 1.71. The van der Waals surface area contributed by atoms with Crippen molar-refractivity contribution in [3.8, 4) is 0 Å². The predicted molar refractivity (Wildman–Crippen MR) is 101 cm³/mol. The number of hydrogen-bond acceptors (Lipinski definition) is 3. The van der Waals surface area contributed by atoms with E-state index in [0.29, 0.717) is 5.41 Å². The summed E-state index contributed by atoms with van der Waals surface area (Å²) in [4.78, 5) is 17.6. The molecule has 4 heteroatoms. The third kappa shape index (κ3) is 4.17. The zero-order chi connectivity index (χ0) is 17.9. The van der Waals surface area contributed by atoms with Crippen LogP contribution in [0.3, 0.4) is 0 Å². The van der Waals surface area contributed by atoms with Gasteiger partial charge in [-0.2, -0.15) is 0 Å². The van der Waals surface area contributed by atoms with Gasteiger partial charge in [-0.25, -0.2) is 0 Å². The Morgan fingerprint density at radius 3 is 2.80 bits per heavy atom. The number of furan rings is 1. The van der Waals surface area contributed by atoms with Gasteiger partial charge in [0, 0.05) is 31.6 Å². The molecular formula is C21H32N2O2. The van der Waals surface area contributed by atoms with Crippen LogP contribution >= 0.6 is 0 Å². The van der Waals surface area contributed by atoms with E-state index in [1.807, 2.05) is 19.9 Å². The van der Waals surface area contributed by atoms with Gasteiger partial charge < -0.3 is 9.32 Å². The highest BCUT2D eigenvalue weighted by Crippen LogP contribution is 2.39. The zero-order valence-corrected chi connectivity index (χ0v) is 16.0. The Labute approximate surface area is 151 Å². The summed E-state index contributed by atoms with van der Waals surface area (Å²) in [6.45, 7) is 11.1. The van der Waals surface area contributed by atoms with E-state index in [0.717, 1.165) is 56.2 Å². The van der Waals surface area contributed by atoms with Crippen LogP contribution in [0.2, 0.25) is 0 Å². The molecule has 1 aromatic heterocycles. The molecule has 1 spiro atoms. The summed E-state index contributed by atoms with van der Waals surface area (Å²) in [6.07, 6.45) is 10.6. The topological polar surface area (TPSA) is 36.7 Å². The van der Waals surface area contributed by atoms with Gasteiger partial charge in [0.25, 0.3) is 5.91 Å². The number of unbranched alkanes of at least 4 members (excludes halogenated alkanes) is 1. The molecule has 0 radical (unpaired) electrons. The summed E-state index contributed by atoms with van der Waals surface area (Å²) in [6, 6.07) is 1.89. The molecule has 3 rings (SSSR count). The first-order chi connectivity index (χ1) is 12.0. The average Bonchev–Trinajstić information content (AvgIpc) is 3.14. The second kappa shape index (κ2) is 7.77. The Bertz CT molecular complexity index is 634. The van der Waals surface area contributed by atoms with Gasteiger partial charge in [-0.15, -0.1) is 0 Å². The molecule has 2 fully saturated rings. The van der Waals surface area contributed by atoms with Crippen LogP contribution in [0.15, 0.2) is 22.6 Å². The Kier molecular flexibility index (Phi) is 5.67. The minimum atomic E-state index is 0.148. The molecule has 25 heavy (non-hydrogen) atoms. The number of amides is 1. The molecule has 1 atom stereocenters. The normalized spacial score (nSPS) is 24.7. The molecule has 1 aromatic rings. The summed E-state index contributed by atoms with van der Waals surface area (Å²) in [7, 11) is 0. The van der Waals surface area contributed by atoms with Crippen molar-refractivity contribution in [2.45, 2.75) is 52.9 Å². The lowest BCUT2D eigenvalue weighted by Gasteiger charge is -2.40. The first kappa shape index (κ1) is 18.2. The van der Waals surface area contributed by atoms with Crippen LogP contribution in [0.1, 0.15) is 60.9 Å². The van der Waals surface area contributed by atoms with Crippen LogP contribution in [0.25, 0.3) is 0 Å². The van der Waals surface area contributed by atoms with Crippen molar-refractivity contribution in [2.75, 3.05) is 32.7 Å². The van der Waals surface area contributed by atoms with Gasteiger partial charge >= 0.3 is 0 Å². The molecule has 0 bridgehead atoms. The second-order valence-corrected chi connectivity index (χ2v) is 7.90. The highest BCUT2D eigenvalue weighted by molar-refractivity contribution is 5.95. The number of carbonyl (C=O) groups is 1. The lowest BCUT2D eigenvalue weighted by Crippen LogP contribution is -2.47. The minimum absolute atomic E-state index is 0.148. The smallest absolute Gasteiger partial charge is 0.257 e. The van der Waals surface area contributed by atoms with Gasteiger partial charge in [-0.1, -0.05) is 25.5 Å². The van der Waals surface area contributed by atoms with E-state index in [2.05, 4.69) is 28.9 Å². The lowest BCUT2D eigenvalue weighted by atomic mass is 9.79. The van der Waals surface area contributed by atoms with Crippen molar-refractivity contribution in [1.29, 1.82) is 0 Å². The molecular weight excluding hydrogens is 312 g/mol. The van der Waals surface area contributed by atoms with Crippen LogP contribution in [-0.4, -0.2) is 48.4 Å². The SMILES string of the molecule is CCC/C=C/CN1CCC2(CCCN(C(=O)c3cc(C)oc3C)C2)C1. The molecule has 1 amide bonds. The molecule has 0 aromatic carbocycles. The van der Waals surface area contributed by atoms with E-state index in [4.69, 9.17) is 4.42 Å². The van der Waals surface area contributed by atoms with Crippen molar-refractivity contribution >= 4 is 5.91 Å². The number of nitrogens with zero attached hydrogens (tertiary/aromatic N) is 2. The number of hydrogen-bond donors (Lipinski definition) is 0. The molecule has 2 aliphatic rings. The quantitative estimate of drug-likeness (QED) is 0.752. The van der Waals surface area contributed by atoms with E-state index in [9.17, 15) is 4.79 Å². The Balaban J connectivity index is 1.61. The fourth-order valence-corrected chi connectivity index (χ4v) is 4.42. The maximum Gasteiger partial charge on any atom is 0.257 e. The Morgan fingerprint density at radius 2 is 2.08 bits per heavy atom. The van der Waals surface area contributed by atoms with Crippen LogP contribution in [0.5, 0.6) is 0 Å². The summed E-state index contributed by atoms with van der Waals surface area (Å²) < 4.78 is 5.56. The van der Waals surface area contributed by atoms with E-state index >= 15 is 0 Å². The summed E-state index contributed by atoms with van der Waals surface area (Å²) >= 11 is 0. The number of rotatable bonds is 5. The van der Waals surface area contributed by atoms with Crippen molar-refractivity contribution in [1.82, 2.24) is 9.80 Å². The molecule has 3 heterocycles. The fourth-order valence-electron chi connectivity index (χ4n) is 4.42. The van der Waals surface area contributed by atoms with E-state index in [1.165, 1.54) is 25.7 Å². The van der Waals surface area contributed by atoms with Gasteiger partial charge in [0.1, 0.15) is 11.5 Å². The number of aryl methyl sites for hydroxylation is 2. The van der Waals surface area contributed by atoms with E-state index in [1.54, 1.807) is 0 Å². The van der Waals surface area contributed by atoms with Crippen molar-refractivity contribution in [3.63, 3.8) is 0 Å². The van der Waals surface area contributed by atoms with Gasteiger partial charge in [-0.3, -0.25) is 9.69 Å². The fraction of sp³-hybridized carbons (Fsp3) is 0.667. The highest BCUT2D eigenvalue weighted by atomic mass is 16.3. The van der Waals surface area contributed by atoms with Gasteiger partial charge in [-0.05, 0) is 52.1 Å². The van der Waals surface area contributed by atoms with E-state index in [-0.39, 0.29) is 5.91 Å². The van der Waals surface area contributed by atoms with Gasteiger partial charge in [0.05, 0.1) is 5.56 Å². The van der Waals surface area contributed by atoms with Crippen molar-refractivity contribution < 1.29 is 9.21 Å². The molecule has 0 N–H and O–H groups in total. The maximum atomic E-state index is 12.9. The van der Waals surface area contributed by atoms with Crippen molar-refractivity contribution in [2.24, 2.45) is 5.41 Å². The zero-order valence-electron chi connectivity index (χ0n) is 16.0. The van der Waals surface area contributed by atoms with Gasteiger partial charge in [0.2, 0.25) is 0 Å². The van der Waals surface area contributed by atoms with Gasteiger partial charge in [0.15, 0.2) is 0 Å². The van der Waals surface area contributed by atoms with Crippen LogP contribution < -0.4 is 0 Å². The number of carbonyl (C=O) groups excluding carboxylic acids is 1. The van der Waals surface area contributed by atoms with E-state index < -0.39 is 0 Å². The third-order valence-corrected chi connectivity index (χ3v) is 5.72. The summed E-state index contributed by atoms with van der Waals surface area (Å²) in [5, 5.41) is 0. The third-order valence-electron chi connectivity index (χ3n) is 5.72. The molecule has 0 saturated carbocycles. The molecule has 138 valence electrons. The number of piperidine rings is 1. The van der Waals surface area contributed by atoms with Crippen LogP contribution in [-0.2, 0) is 0 Å². The minimum Gasteiger partial charge on any atom is -0.466 e. The molecule has 4 nitrogen and oxygen atoms in total. The Hall–Kier alpha value is -1.55. The standard InChI is InChI=1S/C21H32N2O2/c1-4-5-6-7-11-22-13-10-21(15-22)9-8-12-23(16-21)20(24)19-14-17(2)25-18(19)3/h6-7,14H,4-5,8-13,15-16H2,1-3H3/b7-6+. The summed E-state index contributed by atoms with van der Waals surface area (Å²) in [5.41, 5.74) is 1.03. The largest absolute Gasteiger partial charge is 0.466 e. The molecule has 0 aliphatic carbocycles. The Morgan fingerprint density at radius 1 is 1.24 bits per heavy atom. The molecule has 2 saturated heterocycles. The second-order valence-electron chi connectivity index (χ2n) is 7.90. The first-order valence-corrected chi connectivity index (χ1v) is 9.77. The van der Waals surface area contributed by atoms with Crippen LogP contribution in [0, 0.1) is 19.3 Å². The average molecular weight is 344 g/mol. The number of allylic oxidation sites excluding steroid dienone is 1. The highest BCUT2D eigenvalue weighted by Gasteiger charge is 2.42. The monoisotopic (exact) mass is 344 g/mol. The number of likely N-dealkylation sites (tertiary alicyclic amines) is 2. The molecule has 2 aliphatic heterocycles. The molecule has 1 unspecified atom stereocenters. The predicted octanol–water partition coefficient (Wildman–Crippen LogP) is 4.18. The van der Waals surface area contributed by atoms with Crippen molar-refractivity contribution in [3.05, 3.63) is 35.3 Å². The lowest BCUT2D eigenvalue weighted by molar-refractivity contribution is 0.0530. The maximum absolute atomic E-state index is 12.9.